The number of hydrogen-bond donors (Lipinski definition) is 3. The van der Waals surface area contributed by atoms with Crippen molar-refractivity contribution in [3.05, 3.63) is 65.7 Å². The molecule has 2 atom stereocenters. The number of benzene rings is 2. The molecule has 0 saturated heterocycles. The molecule has 2 amide bonds. The summed E-state index contributed by atoms with van der Waals surface area (Å²) in [6.45, 7) is 3.84. The fraction of sp³-hybridized carbons (Fsp3) is 0.333. The molecule has 0 aliphatic heterocycles. The Labute approximate surface area is 187 Å². The standard InChI is InChI=1S/C24H28N2O6/c1-15(2)13-20(23(30)25-18-11-9-17(10-12-18)24(31)32-3)26-22(29)19(14-21(27)28)16-7-5-4-6-8-16/h4-12,15,19-20H,13-14H2,1-3H3,(H,25,30)(H,26,29)(H,27,28). The van der Waals surface area contributed by atoms with Crippen molar-refractivity contribution in [3.63, 3.8) is 0 Å². The third-order valence-corrected chi connectivity index (χ3v) is 4.81. The van der Waals surface area contributed by atoms with E-state index in [-0.39, 0.29) is 12.3 Å². The van der Waals surface area contributed by atoms with Gasteiger partial charge in [-0.15, -0.1) is 0 Å². The second-order valence-corrected chi connectivity index (χ2v) is 7.81. The van der Waals surface area contributed by atoms with E-state index in [1.54, 1.807) is 42.5 Å². The summed E-state index contributed by atoms with van der Waals surface area (Å²) in [5.41, 5.74) is 1.36. The van der Waals surface area contributed by atoms with Gasteiger partial charge in [-0.25, -0.2) is 4.79 Å². The summed E-state index contributed by atoms with van der Waals surface area (Å²) in [4.78, 5) is 48.8. The van der Waals surface area contributed by atoms with Crippen LogP contribution in [-0.2, 0) is 19.1 Å². The molecular formula is C24H28N2O6. The van der Waals surface area contributed by atoms with Crippen LogP contribution in [0.4, 0.5) is 5.69 Å². The molecule has 2 rings (SSSR count). The first-order valence-corrected chi connectivity index (χ1v) is 10.3. The van der Waals surface area contributed by atoms with Crippen molar-refractivity contribution in [2.45, 2.75) is 38.6 Å². The first-order chi connectivity index (χ1) is 15.2. The first kappa shape index (κ1) is 24.6. The Morgan fingerprint density at radius 3 is 2.09 bits per heavy atom. The van der Waals surface area contributed by atoms with Crippen LogP contribution < -0.4 is 10.6 Å². The second kappa shape index (κ2) is 11.6. The summed E-state index contributed by atoms with van der Waals surface area (Å²) in [7, 11) is 1.28. The predicted molar refractivity (Wildman–Crippen MR) is 119 cm³/mol. The maximum atomic E-state index is 13.0. The molecule has 3 N–H and O–H groups in total. The number of carboxylic acids is 1. The Bertz CT molecular complexity index is 941. The highest BCUT2D eigenvalue weighted by atomic mass is 16.5. The van der Waals surface area contributed by atoms with Crippen molar-refractivity contribution in [1.82, 2.24) is 5.32 Å². The van der Waals surface area contributed by atoms with Crippen LogP contribution in [0.1, 0.15) is 48.5 Å². The number of anilines is 1. The van der Waals surface area contributed by atoms with E-state index in [2.05, 4.69) is 15.4 Å². The number of carboxylic acid groups (broad SMARTS) is 1. The summed E-state index contributed by atoms with van der Waals surface area (Å²) < 4.78 is 4.65. The molecule has 8 heteroatoms. The molecule has 2 aromatic rings. The smallest absolute Gasteiger partial charge is 0.337 e. The lowest BCUT2D eigenvalue weighted by Gasteiger charge is -2.23. The third kappa shape index (κ3) is 7.23. The fourth-order valence-electron chi connectivity index (χ4n) is 3.23. The van der Waals surface area contributed by atoms with E-state index in [1.807, 2.05) is 13.8 Å². The van der Waals surface area contributed by atoms with Gasteiger partial charge in [-0.2, -0.15) is 0 Å². The number of carbonyl (C=O) groups excluding carboxylic acids is 3. The van der Waals surface area contributed by atoms with Crippen LogP contribution in [-0.4, -0.2) is 42.0 Å². The van der Waals surface area contributed by atoms with Crippen LogP contribution in [0.5, 0.6) is 0 Å². The predicted octanol–water partition coefficient (Wildman–Crippen LogP) is 3.20. The molecule has 0 spiro atoms. The average molecular weight is 440 g/mol. The van der Waals surface area contributed by atoms with Crippen LogP contribution in [0.25, 0.3) is 0 Å². The minimum absolute atomic E-state index is 0.0994. The van der Waals surface area contributed by atoms with Crippen LogP contribution in [0.3, 0.4) is 0 Å². The van der Waals surface area contributed by atoms with E-state index in [0.29, 0.717) is 23.2 Å². The molecule has 0 fully saturated rings. The maximum absolute atomic E-state index is 13.0. The van der Waals surface area contributed by atoms with Gasteiger partial charge in [0, 0.05) is 5.69 Å². The van der Waals surface area contributed by atoms with Crippen molar-refractivity contribution in [2.75, 3.05) is 12.4 Å². The monoisotopic (exact) mass is 440 g/mol. The summed E-state index contributed by atoms with van der Waals surface area (Å²) in [5.74, 6) is -3.37. The lowest BCUT2D eigenvalue weighted by molar-refractivity contribution is -0.139. The van der Waals surface area contributed by atoms with Crippen molar-refractivity contribution < 1.29 is 29.0 Å². The van der Waals surface area contributed by atoms with Crippen molar-refractivity contribution >= 4 is 29.4 Å². The van der Waals surface area contributed by atoms with Crippen LogP contribution in [0, 0.1) is 5.92 Å². The highest BCUT2D eigenvalue weighted by molar-refractivity contribution is 5.99. The van der Waals surface area contributed by atoms with E-state index in [1.165, 1.54) is 19.2 Å². The molecule has 0 saturated carbocycles. The molecule has 32 heavy (non-hydrogen) atoms. The first-order valence-electron chi connectivity index (χ1n) is 10.3. The number of esters is 1. The topological polar surface area (TPSA) is 122 Å². The summed E-state index contributed by atoms with van der Waals surface area (Å²) >= 11 is 0. The van der Waals surface area contributed by atoms with E-state index < -0.39 is 35.7 Å². The van der Waals surface area contributed by atoms with Gasteiger partial charge in [-0.05, 0) is 42.2 Å². The number of carbonyl (C=O) groups is 4. The molecule has 8 nitrogen and oxygen atoms in total. The van der Waals surface area contributed by atoms with Gasteiger partial charge >= 0.3 is 11.9 Å². The molecular weight excluding hydrogens is 412 g/mol. The number of amides is 2. The molecule has 2 aromatic carbocycles. The van der Waals surface area contributed by atoms with E-state index in [4.69, 9.17) is 0 Å². The van der Waals surface area contributed by atoms with Gasteiger partial charge < -0.3 is 20.5 Å². The highest BCUT2D eigenvalue weighted by Crippen LogP contribution is 2.21. The Kier molecular flexibility index (Phi) is 8.95. The zero-order valence-electron chi connectivity index (χ0n) is 18.3. The van der Waals surface area contributed by atoms with Gasteiger partial charge in [0.05, 0.1) is 25.0 Å². The van der Waals surface area contributed by atoms with Crippen LogP contribution in [0.2, 0.25) is 0 Å². The second-order valence-electron chi connectivity index (χ2n) is 7.81. The lowest BCUT2D eigenvalue weighted by Crippen LogP contribution is -2.46. The number of methoxy groups -OCH3 is 1. The molecule has 0 radical (unpaired) electrons. The number of nitrogens with one attached hydrogen (secondary N) is 2. The minimum Gasteiger partial charge on any atom is -0.481 e. The number of ether oxygens (including phenoxy) is 1. The summed E-state index contributed by atoms with van der Waals surface area (Å²) in [5, 5.41) is 14.7. The molecule has 0 aliphatic carbocycles. The Hall–Kier alpha value is -3.68. The Balaban J connectivity index is 2.17. The Morgan fingerprint density at radius 1 is 0.938 bits per heavy atom. The number of rotatable bonds is 10. The van der Waals surface area contributed by atoms with Crippen LogP contribution >= 0.6 is 0 Å². The van der Waals surface area contributed by atoms with Gasteiger partial charge in [0.15, 0.2) is 0 Å². The largest absolute Gasteiger partial charge is 0.481 e. The van der Waals surface area contributed by atoms with Crippen molar-refractivity contribution in [2.24, 2.45) is 5.92 Å². The van der Waals surface area contributed by atoms with Gasteiger partial charge in [-0.3, -0.25) is 14.4 Å². The SMILES string of the molecule is COC(=O)c1ccc(NC(=O)C(CC(C)C)NC(=O)C(CC(=O)O)c2ccccc2)cc1. The molecule has 0 heterocycles. The van der Waals surface area contributed by atoms with Crippen molar-refractivity contribution in [3.8, 4) is 0 Å². The minimum atomic E-state index is -1.11. The van der Waals surface area contributed by atoms with Gasteiger partial charge in [0.1, 0.15) is 6.04 Å². The number of aliphatic carboxylic acids is 1. The lowest BCUT2D eigenvalue weighted by atomic mass is 9.93. The Morgan fingerprint density at radius 2 is 1.56 bits per heavy atom. The van der Waals surface area contributed by atoms with E-state index in [0.717, 1.165) is 0 Å². The fourth-order valence-corrected chi connectivity index (χ4v) is 3.23. The zero-order chi connectivity index (χ0) is 23.7. The molecule has 170 valence electrons. The van der Waals surface area contributed by atoms with Crippen molar-refractivity contribution in [1.29, 1.82) is 0 Å². The molecule has 0 aromatic heterocycles. The average Bonchev–Trinajstić information content (AvgIpc) is 2.77. The van der Waals surface area contributed by atoms with Gasteiger partial charge in [0.2, 0.25) is 11.8 Å². The van der Waals surface area contributed by atoms with Gasteiger partial charge in [-0.1, -0.05) is 44.2 Å². The van der Waals surface area contributed by atoms with Crippen LogP contribution in [0.15, 0.2) is 54.6 Å². The maximum Gasteiger partial charge on any atom is 0.337 e. The third-order valence-electron chi connectivity index (χ3n) is 4.81. The molecule has 2 unspecified atom stereocenters. The summed E-state index contributed by atoms with van der Waals surface area (Å²) in [6.07, 6.45) is -0.0206. The molecule has 0 aliphatic rings. The quantitative estimate of drug-likeness (QED) is 0.488. The molecule has 0 bridgehead atoms. The summed E-state index contributed by atoms with van der Waals surface area (Å²) in [6, 6.07) is 13.9. The van der Waals surface area contributed by atoms with Gasteiger partial charge in [0.25, 0.3) is 0 Å². The zero-order valence-corrected chi connectivity index (χ0v) is 18.3. The normalized spacial score (nSPS) is 12.5. The van der Waals surface area contributed by atoms with E-state index >= 15 is 0 Å². The number of hydrogen-bond acceptors (Lipinski definition) is 5. The van der Waals surface area contributed by atoms with E-state index in [9.17, 15) is 24.3 Å². The highest BCUT2D eigenvalue weighted by Gasteiger charge is 2.29.